The maximum atomic E-state index is 14.6. The molecule has 4 aliphatic rings. The van der Waals surface area contributed by atoms with Gasteiger partial charge >= 0.3 is 12.1 Å². The SMILES string of the molecule is CC[C@H]1OC(=O)[C@H](C)C(=O)[C@H](C)[C@@H](O[C@@H]2O[C@H](C)C[C@H](N(C)C)[C@H]2O)[C@@](C)(OCC#Cc2ccc(C(=O)Nc3cccc(F)c3)s2)C[C@@H](C)C2=NCCN3C(=O)O[C@@]1(C)[C@H]3[C@H]2C. The van der Waals surface area contributed by atoms with Crippen LogP contribution in [0.4, 0.5) is 14.9 Å². The first-order valence-electron chi connectivity index (χ1n) is 21.5. The van der Waals surface area contributed by atoms with Crippen LogP contribution in [-0.4, -0.2) is 132 Å². The lowest BCUT2D eigenvalue weighted by Crippen LogP contribution is -2.60. The average Bonchev–Trinajstić information content (AvgIpc) is 3.74. The summed E-state index contributed by atoms with van der Waals surface area (Å²) in [6.45, 7) is 15.1. The predicted molar refractivity (Wildman–Crippen MR) is 231 cm³/mol. The minimum atomic E-state index is -1.33. The molecule has 16 heteroatoms. The normalized spacial score (nSPS) is 35.5. The summed E-state index contributed by atoms with van der Waals surface area (Å²) in [7, 11) is 3.75. The second-order valence-corrected chi connectivity index (χ2v) is 18.9. The Morgan fingerprint density at radius 1 is 1.11 bits per heavy atom. The molecule has 0 aliphatic carbocycles. The van der Waals surface area contributed by atoms with Crippen LogP contribution in [0.3, 0.4) is 0 Å². The zero-order chi connectivity index (χ0) is 45.3. The molecule has 14 nitrogen and oxygen atoms in total. The van der Waals surface area contributed by atoms with Crippen molar-refractivity contribution >= 4 is 46.5 Å². The first-order chi connectivity index (χ1) is 29.3. The molecule has 13 atom stereocenters. The van der Waals surface area contributed by atoms with E-state index in [0.717, 1.165) is 5.71 Å². The van der Waals surface area contributed by atoms with Crippen LogP contribution < -0.4 is 5.32 Å². The number of aliphatic imine (C=N–C) groups is 1. The van der Waals surface area contributed by atoms with Crippen LogP contribution in [0, 0.1) is 41.3 Å². The Hall–Kier alpha value is -4.24. The molecule has 0 spiro atoms. The van der Waals surface area contributed by atoms with E-state index in [1.54, 1.807) is 36.9 Å². The lowest BCUT2D eigenvalue weighted by Gasteiger charge is -2.47. The molecular formula is C46H61FN4O10S. The standard InChI is InChI=1S/C46H61FN4O10S/c1-11-35-46(8)39-27(4)36(48-19-20-51(39)44(56)61-46)25(2)24-45(7,57-21-13-16-32-17-18-34(62-32)41(54)49-31-15-12-14-30(47)23-31)40(28(5)37(52)29(6)42(55)59-35)60-43-38(53)33(50(9)10)22-26(3)58-43/h12,14-15,17-18,23,25-29,33,35,38-40,43,53H,11,19-22,24H2,1-10H3,(H,49,54)/t25-,26-,27+,28+,29-,33+,35-,38-,39-,40-,43+,45+,46-/m1/s1. The van der Waals surface area contributed by atoms with Gasteiger partial charge in [0, 0.05) is 35.8 Å². The number of rotatable bonds is 8. The highest BCUT2D eigenvalue weighted by atomic mass is 32.1. The zero-order valence-electron chi connectivity index (χ0n) is 37.3. The first-order valence-corrected chi connectivity index (χ1v) is 22.3. The van der Waals surface area contributed by atoms with E-state index in [0.29, 0.717) is 41.4 Å². The predicted octanol–water partition coefficient (Wildman–Crippen LogP) is 5.95. The largest absolute Gasteiger partial charge is 0.458 e. The number of amides is 2. The van der Waals surface area contributed by atoms with Crippen molar-refractivity contribution in [1.82, 2.24) is 9.80 Å². The molecule has 5 heterocycles. The van der Waals surface area contributed by atoms with Crippen molar-refractivity contribution in [2.45, 2.75) is 129 Å². The first kappa shape index (κ1) is 47.2. The van der Waals surface area contributed by atoms with Gasteiger partial charge in [0.15, 0.2) is 17.7 Å². The Morgan fingerprint density at radius 2 is 1.85 bits per heavy atom. The fourth-order valence-corrected chi connectivity index (χ4v) is 10.6. The van der Waals surface area contributed by atoms with Gasteiger partial charge in [-0.25, -0.2) is 9.18 Å². The summed E-state index contributed by atoms with van der Waals surface area (Å²) in [5.41, 5.74) is -1.42. The monoisotopic (exact) mass is 880 g/mol. The molecule has 2 amide bonds. The van der Waals surface area contributed by atoms with Crippen molar-refractivity contribution in [2.24, 2.45) is 28.7 Å². The Labute approximate surface area is 367 Å². The molecule has 6 rings (SSSR count). The second-order valence-electron chi connectivity index (χ2n) is 17.8. The number of ketones is 1. The minimum absolute atomic E-state index is 0.133. The van der Waals surface area contributed by atoms with Crippen molar-refractivity contribution in [1.29, 1.82) is 0 Å². The molecule has 62 heavy (non-hydrogen) atoms. The van der Waals surface area contributed by atoms with Crippen molar-refractivity contribution in [2.75, 3.05) is 39.1 Å². The number of esters is 1. The Morgan fingerprint density at radius 3 is 2.55 bits per heavy atom. The smallest absolute Gasteiger partial charge is 0.410 e. The van der Waals surface area contributed by atoms with E-state index < -0.39 is 83.3 Å². The maximum Gasteiger partial charge on any atom is 0.410 e. The highest BCUT2D eigenvalue weighted by Crippen LogP contribution is 2.44. The number of nitrogens with zero attached hydrogens (tertiary/aromatic N) is 3. The molecule has 1 aromatic heterocycles. The number of cyclic esters (lactones) is 1. The van der Waals surface area contributed by atoms with Crippen LogP contribution in [-0.2, 0) is 33.3 Å². The van der Waals surface area contributed by atoms with Crippen molar-refractivity contribution < 1.29 is 52.4 Å². The number of thiophene rings is 1. The summed E-state index contributed by atoms with van der Waals surface area (Å²) in [4.78, 5) is 64.7. The van der Waals surface area contributed by atoms with Gasteiger partial charge in [-0.2, -0.15) is 0 Å². The molecular weight excluding hydrogens is 820 g/mol. The van der Waals surface area contributed by atoms with Gasteiger partial charge in [-0.1, -0.05) is 45.6 Å². The Balaban J connectivity index is 1.37. The van der Waals surface area contributed by atoms with Gasteiger partial charge in [-0.15, -0.1) is 11.3 Å². The number of aliphatic hydroxyl groups is 1. The van der Waals surface area contributed by atoms with Crippen molar-refractivity contribution in [3.63, 3.8) is 0 Å². The number of hydrogen-bond donors (Lipinski definition) is 2. The van der Waals surface area contributed by atoms with E-state index in [1.165, 1.54) is 36.5 Å². The number of likely N-dealkylation sites (N-methyl/N-ethyl adjacent to an activating group) is 1. The van der Waals surface area contributed by atoms with Crippen molar-refractivity contribution in [3.8, 4) is 11.8 Å². The van der Waals surface area contributed by atoms with Crippen LogP contribution in [0.25, 0.3) is 0 Å². The van der Waals surface area contributed by atoms with E-state index in [4.69, 9.17) is 28.7 Å². The molecule has 0 unspecified atom stereocenters. The summed E-state index contributed by atoms with van der Waals surface area (Å²) in [6.07, 6.45) is -3.85. The van der Waals surface area contributed by atoms with Crippen molar-refractivity contribution in [3.05, 3.63) is 52.0 Å². The summed E-state index contributed by atoms with van der Waals surface area (Å²) in [6, 6.07) is 8.14. The van der Waals surface area contributed by atoms with Gasteiger partial charge in [0.2, 0.25) is 0 Å². The second kappa shape index (κ2) is 19.2. The van der Waals surface area contributed by atoms with Gasteiger partial charge in [0.05, 0.1) is 40.1 Å². The third-order valence-electron chi connectivity index (χ3n) is 13.0. The highest BCUT2D eigenvalue weighted by molar-refractivity contribution is 7.14. The molecule has 3 fully saturated rings. The van der Waals surface area contributed by atoms with Crippen LogP contribution >= 0.6 is 11.3 Å². The maximum absolute atomic E-state index is 14.6. The Kier molecular flexibility index (Phi) is 14.7. The molecule has 338 valence electrons. The number of nitrogens with one attached hydrogen (secondary N) is 1. The number of benzene rings is 1. The average molecular weight is 881 g/mol. The fourth-order valence-electron chi connectivity index (χ4n) is 9.86. The number of fused-ring (bicyclic) bond motifs is 1. The van der Waals surface area contributed by atoms with Crippen LogP contribution in [0.5, 0.6) is 0 Å². The molecule has 0 radical (unpaired) electrons. The van der Waals surface area contributed by atoms with Gasteiger partial charge < -0.3 is 39.0 Å². The molecule has 4 aliphatic heterocycles. The van der Waals surface area contributed by atoms with E-state index in [1.807, 2.05) is 53.6 Å². The third-order valence-corrected chi connectivity index (χ3v) is 14.0. The molecule has 0 saturated carbocycles. The number of aliphatic hydroxyl groups excluding tert-OH is 1. The lowest BCUT2D eigenvalue weighted by atomic mass is 9.73. The summed E-state index contributed by atoms with van der Waals surface area (Å²) < 4.78 is 45.9. The quantitative estimate of drug-likeness (QED) is 0.183. The Bertz CT molecular complexity index is 2090. The topological polar surface area (TPSA) is 166 Å². The number of hydrogen-bond acceptors (Lipinski definition) is 13. The molecule has 2 N–H and O–H groups in total. The summed E-state index contributed by atoms with van der Waals surface area (Å²) in [5, 5.41) is 14.4. The third kappa shape index (κ3) is 9.78. The number of carbonyl (C=O) groups excluding carboxylic acids is 4. The molecule has 3 saturated heterocycles. The van der Waals surface area contributed by atoms with Gasteiger partial charge in [0.1, 0.15) is 30.5 Å². The minimum Gasteiger partial charge on any atom is -0.458 e. The molecule has 2 bridgehead atoms. The van der Waals surface area contributed by atoms with E-state index in [-0.39, 0.29) is 37.0 Å². The fraction of sp³-hybridized carbons (Fsp3) is 0.630. The number of halogens is 1. The van der Waals surface area contributed by atoms with Crippen LogP contribution in [0.15, 0.2) is 41.4 Å². The van der Waals surface area contributed by atoms with E-state index >= 15 is 0 Å². The zero-order valence-corrected chi connectivity index (χ0v) is 38.1. The summed E-state index contributed by atoms with van der Waals surface area (Å²) in [5.74, 6) is 1.18. The van der Waals surface area contributed by atoms with E-state index in [2.05, 4.69) is 17.2 Å². The highest BCUT2D eigenvalue weighted by Gasteiger charge is 2.60. The van der Waals surface area contributed by atoms with Crippen LogP contribution in [0.2, 0.25) is 0 Å². The van der Waals surface area contributed by atoms with E-state index in [9.17, 15) is 28.7 Å². The lowest BCUT2D eigenvalue weighted by molar-refractivity contribution is -0.296. The summed E-state index contributed by atoms with van der Waals surface area (Å²) >= 11 is 1.17. The van der Waals surface area contributed by atoms with Gasteiger partial charge in [-0.3, -0.25) is 24.3 Å². The number of ether oxygens (including phenoxy) is 5. The number of anilines is 1. The number of carbonyl (C=O) groups is 4. The van der Waals surface area contributed by atoms with Crippen LogP contribution in [0.1, 0.15) is 89.2 Å². The van der Waals surface area contributed by atoms with Gasteiger partial charge in [-0.05, 0) is 97.3 Å². The number of Topliss-reactive ketones (excluding diaryl/α,β-unsaturated/α-hetero) is 1. The molecule has 1 aromatic carbocycles. The van der Waals surface area contributed by atoms with Gasteiger partial charge in [0.25, 0.3) is 5.91 Å². The molecule has 2 aromatic rings.